The van der Waals surface area contributed by atoms with Crippen molar-refractivity contribution in [3.05, 3.63) is 11.6 Å². The number of hydrogen-bond acceptors (Lipinski definition) is 3. The minimum atomic E-state index is 0.592. The summed E-state index contributed by atoms with van der Waals surface area (Å²) in [6, 6.07) is 0. The number of rotatable bonds is 2. The minimum absolute atomic E-state index is 0.592. The van der Waals surface area contributed by atoms with Gasteiger partial charge in [-0.25, -0.2) is 0 Å². The molecule has 1 aromatic heterocycles. The predicted molar refractivity (Wildman–Crippen MR) is 71.6 cm³/mol. The van der Waals surface area contributed by atoms with E-state index in [1.54, 1.807) is 0 Å². The van der Waals surface area contributed by atoms with E-state index >= 15 is 0 Å². The van der Waals surface area contributed by atoms with Crippen LogP contribution >= 0.6 is 0 Å². The molecule has 4 nitrogen and oxygen atoms in total. The van der Waals surface area contributed by atoms with E-state index in [2.05, 4.69) is 33.6 Å². The zero-order chi connectivity index (χ0) is 12.5. The first-order valence-corrected chi connectivity index (χ1v) is 7.34. The Labute approximate surface area is 109 Å². The van der Waals surface area contributed by atoms with Crippen LogP contribution < -0.4 is 0 Å². The van der Waals surface area contributed by atoms with Gasteiger partial charge in [-0.3, -0.25) is 0 Å². The van der Waals surface area contributed by atoms with Crippen molar-refractivity contribution < 1.29 is 0 Å². The molecule has 4 heteroatoms. The lowest BCUT2D eigenvalue weighted by Gasteiger charge is -2.29. The van der Waals surface area contributed by atoms with Crippen LogP contribution in [0.5, 0.6) is 0 Å². The average molecular weight is 248 g/mol. The number of nitrogens with zero attached hydrogens (tertiary/aromatic N) is 4. The van der Waals surface area contributed by atoms with Crippen molar-refractivity contribution in [2.24, 2.45) is 5.92 Å². The van der Waals surface area contributed by atoms with Crippen LogP contribution in [-0.2, 0) is 13.0 Å². The van der Waals surface area contributed by atoms with Crippen LogP contribution in [0.15, 0.2) is 0 Å². The Kier molecular flexibility index (Phi) is 3.37. The summed E-state index contributed by atoms with van der Waals surface area (Å²) in [4.78, 5) is 2.45. The summed E-state index contributed by atoms with van der Waals surface area (Å²) in [5, 5.41) is 8.88. The van der Waals surface area contributed by atoms with E-state index in [0.29, 0.717) is 5.92 Å². The molecule has 0 saturated carbocycles. The SMILES string of the molecule is CC1CCCn2c(CC3CCCN(C)C3)nnc21. The number of aromatic nitrogens is 3. The van der Waals surface area contributed by atoms with E-state index in [9.17, 15) is 0 Å². The van der Waals surface area contributed by atoms with Gasteiger partial charge in [0.2, 0.25) is 0 Å². The zero-order valence-electron chi connectivity index (χ0n) is 11.6. The van der Waals surface area contributed by atoms with Crippen molar-refractivity contribution in [3.63, 3.8) is 0 Å². The average Bonchev–Trinajstić information content (AvgIpc) is 2.74. The van der Waals surface area contributed by atoms with Gasteiger partial charge in [-0.05, 0) is 45.2 Å². The Hall–Kier alpha value is -0.900. The summed E-state index contributed by atoms with van der Waals surface area (Å²) in [7, 11) is 2.23. The fourth-order valence-corrected chi connectivity index (χ4v) is 3.49. The van der Waals surface area contributed by atoms with E-state index in [0.717, 1.165) is 18.9 Å². The summed E-state index contributed by atoms with van der Waals surface area (Å²) in [5.74, 6) is 3.82. The Morgan fingerprint density at radius 2 is 2.00 bits per heavy atom. The molecule has 1 saturated heterocycles. The van der Waals surface area contributed by atoms with Gasteiger partial charge in [0.25, 0.3) is 0 Å². The molecule has 0 bridgehead atoms. The lowest BCUT2D eigenvalue weighted by atomic mass is 9.94. The molecular formula is C14H24N4. The van der Waals surface area contributed by atoms with Gasteiger partial charge in [0.05, 0.1) is 0 Å². The molecule has 3 rings (SSSR count). The summed E-state index contributed by atoms with van der Waals surface area (Å²) in [5.41, 5.74) is 0. The van der Waals surface area contributed by atoms with Gasteiger partial charge in [0.15, 0.2) is 0 Å². The van der Waals surface area contributed by atoms with E-state index in [1.165, 1.54) is 50.4 Å². The highest BCUT2D eigenvalue weighted by atomic mass is 15.3. The first-order valence-electron chi connectivity index (χ1n) is 7.34. The van der Waals surface area contributed by atoms with E-state index < -0.39 is 0 Å². The van der Waals surface area contributed by atoms with Crippen LogP contribution in [0, 0.1) is 5.92 Å². The molecule has 2 atom stereocenters. The topological polar surface area (TPSA) is 34.0 Å². The normalized spacial score (nSPS) is 29.2. The summed E-state index contributed by atoms with van der Waals surface area (Å²) >= 11 is 0. The maximum Gasteiger partial charge on any atom is 0.135 e. The first kappa shape index (κ1) is 12.2. The first-order chi connectivity index (χ1) is 8.74. The van der Waals surface area contributed by atoms with Crippen LogP contribution in [0.25, 0.3) is 0 Å². The van der Waals surface area contributed by atoms with Crippen LogP contribution in [-0.4, -0.2) is 39.8 Å². The Bertz CT molecular complexity index is 412. The van der Waals surface area contributed by atoms with Gasteiger partial charge in [0.1, 0.15) is 11.6 Å². The van der Waals surface area contributed by atoms with Gasteiger partial charge in [-0.1, -0.05) is 6.92 Å². The highest BCUT2D eigenvalue weighted by Gasteiger charge is 2.25. The van der Waals surface area contributed by atoms with Crippen molar-refractivity contribution in [2.45, 2.75) is 51.5 Å². The molecule has 2 aliphatic heterocycles. The fourth-order valence-electron chi connectivity index (χ4n) is 3.49. The molecule has 0 amide bonds. The minimum Gasteiger partial charge on any atom is -0.315 e. The molecule has 0 N–H and O–H groups in total. The largest absolute Gasteiger partial charge is 0.315 e. The molecule has 2 aliphatic rings. The number of likely N-dealkylation sites (tertiary alicyclic amines) is 1. The maximum atomic E-state index is 4.46. The molecule has 100 valence electrons. The second-order valence-corrected chi connectivity index (χ2v) is 6.14. The highest BCUT2D eigenvalue weighted by Crippen LogP contribution is 2.27. The summed E-state index contributed by atoms with van der Waals surface area (Å²) < 4.78 is 2.39. The van der Waals surface area contributed by atoms with Gasteiger partial charge >= 0.3 is 0 Å². The Morgan fingerprint density at radius 1 is 1.17 bits per heavy atom. The summed E-state index contributed by atoms with van der Waals surface area (Å²) in [6.07, 6.45) is 6.35. The highest BCUT2D eigenvalue weighted by molar-refractivity contribution is 5.04. The van der Waals surface area contributed by atoms with Gasteiger partial charge in [0, 0.05) is 25.4 Å². The predicted octanol–water partition coefficient (Wildman–Crippen LogP) is 2.06. The molecule has 0 spiro atoms. The Morgan fingerprint density at radius 3 is 2.83 bits per heavy atom. The smallest absolute Gasteiger partial charge is 0.135 e. The van der Waals surface area contributed by atoms with Gasteiger partial charge in [-0.15, -0.1) is 10.2 Å². The van der Waals surface area contributed by atoms with Crippen molar-refractivity contribution in [1.29, 1.82) is 0 Å². The Balaban J connectivity index is 1.73. The fraction of sp³-hybridized carbons (Fsp3) is 0.857. The van der Waals surface area contributed by atoms with Crippen molar-refractivity contribution in [3.8, 4) is 0 Å². The molecule has 2 unspecified atom stereocenters. The van der Waals surface area contributed by atoms with Crippen molar-refractivity contribution >= 4 is 0 Å². The lowest BCUT2D eigenvalue weighted by Crippen LogP contribution is -2.33. The third-order valence-electron chi connectivity index (χ3n) is 4.51. The zero-order valence-corrected chi connectivity index (χ0v) is 11.6. The van der Waals surface area contributed by atoms with Crippen molar-refractivity contribution in [2.75, 3.05) is 20.1 Å². The van der Waals surface area contributed by atoms with Gasteiger partial charge in [-0.2, -0.15) is 0 Å². The van der Waals surface area contributed by atoms with Crippen LogP contribution in [0.2, 0.25) is 0 Å². The molecular weight excluding hydrogens is 224 g/mol. The summed E-state index contributed by atoms with van der Waals surface area (Å²) in [6.45, 7) is 5.88. The molecule has 3 heterocycles. The quantitative estimate of drug-likeness (QED) is 0.803. The molecule has 1 fully saturated rings. The number of hydrogen-bond donors (Lipinski definition) is 0. The van der Waals surface area contributed by atoms with Crippen LogP contribution in [0.1, 0.15) is 50.2 Å². The standard InChI is InChI=1S/C14H24N4/c1-11-5-3-8-18-13(15-16-14(11)18)9-12-6-4-7-17(2)10-12/h11-12H,3-10H2,1-2H3. The molecule has 0 radical (unpaired) electrons. The van der Waals surface area contributed by atoms with Gasteiger partial charge < -0.3 is 9.47 Å². The van der Waals surface area contributed by atoms with E-state index in [1.807, 2.05) is 0 Å². The third kappa shape index (κ3) is 2.30. The number of fused-ring (bicyclic) bond motifs is 1. The van der Waals surface area contributed by atoms with Crippen LogP contribution in [0.3, 0.4) is 0 Å². The lowest BCUT2D eigenvalue weighted by molar-refractivity contribution is 0.206. The second-order valence-electron chi connectivity index (χ2n) is 6.14. The molecule has 18 heavy (non-hydrogen) atoms. The van der Waals surface area contributed by atoms with E-state index in [-0.39, 0.29) is 0 Å². The van der Waals surface area contributed by atoms with Crippen molar-refractivity contribution in [1.82, 2.24) is 19.7 Å². The monoisotopic (exact) mass is 248 g/mol. The maximum absolute atomic E-state index is 4.46. The van der Waals surface area contributed by atoms with E-state index in [4.69, 9.17) is 0 Å². The third-order valence-corrected chi connectivity index (χ3v) is 4.51. The molecule has 1 aromatic rings. The second kappa shape index (κ2) is 5.00. The molecule has 0 aromatic carbocycles. The van der Waals surface area contributed by atoms with Crippen LogP contribution in [0.4, 0.5) is 0 Å². The molecule has 0 aliphatic carbocycles. The number of piperidine rings is 1.